The first-order valence-corrected chi connectivity index (χ1v) is 10.9. The normalized spacial score (nSPS) is 10.7. The molecule has 0 saturated carbocycles. The average Bonchev–Trinajstić information content (AvgIpc) is 3.08. The van der Waals surface area contributed by atoms with Gasteiger partial charge in [0.15, 0.2) is 11.0 Å². The summed E-state index contributed by atoms with van der Waals surface area (Å²) in [6.45, 7) is 5.00. The quantitative estimate of drug-likeness (QED) is 0.471. The zero-order valence-corrected chi connectivity index (χ0v) is 18.7. The minimum atomic E-state index is -0.110. The van der Waals surface area contributed by atoms with Gasteiger partial charge in [0.25, 0.3) is 0 Å². The average molecular weight is 446 g/mol. The Kier molecular flexibility index (Phi) is 7.59. The van der Waals surface area contributed by atoms with Gasteiger partial charge in [0, 0.05) is 23.4 Å². The number of nitrogens with zero attached hydrogens (tertiary/aromatic N) is 3. The molecular formula is C21H24ClN5O2S. The molecule has 0 aliphatic rings. The number of amides is 1. The fraction of sp³-hybridized carbons (Fsp3) is 0.286. The minimum Gasteiger partial charge on any atom is -0.494 e. The van der Waals surface area contributed by atoms with Gasteiger partial charge in [-0.05, 0) is 55.8 Å². The van der Waals surface area contributed by atoms with E-state index in [4.69, 9.17) is 16.3 Å². The first-order chi connectivity index (χ1) is 14.5. The van der Waals surface area contributed by atoms with Crippen molar-refractivity contribution < 1.29 is 9.53 Å². The molecule has 158 valence electrons. The Morgan fingerprint density at radius 1 is 1.17 bits per heavy atom. The van der Waals surface area contributed by atoms with Crippen molar-refractivity contribution in [3.63, 3.8) is 0 Å². The molecular weight excluding hydrogens is 422 g/mol. The number of carbonyl (C=O) groups excluding carboxylic acids is 1. The van der Waals surface area contributed by atoms with E-state index in [1.807, 2.05) is 67.9 Å². The second kappa shape index (κ2) is 10.4. The third kappa shape index (κ3) is 5.90. The van der Waals surface area contributed by atoms with Crippen LogP contribution in [0.3, 0.4) is 0 Å². The Morgan fingerprint density at radius 2 is 1.90 bits per heavy atom. The van der Waals surface area contributed by atoms with Gasteiger partial charge in [-0.15, -0.1) is 10.2 Å². The molecule has 0 atom stereocenters. The lowest BCUT2D eigenvalue weighted by molar-refractivity contribution is -0.113. The number of hydrogen-bond acceptors (Lipinski definition) is 6. The molecule has 0 spiro atoms. The van der Waals surface area contributed by atoms with Crippen LogP contribution >= 0.6 is 23.4 Å². The van der Waals surface area contributed by atoms with Gasteiger partial charge in [-0.3, -0.25) is 4.79 Å². The highest BCUT2D eigenvalue weighted by molar-refractivity contribution is 7.99. The van der Waals surface area contributed by atoms with E-state index in [2.05, 4.69) is 20.8 Å². The summed E-state index contributed by atoms with van der Waals surface area (Å²) in [5, 5.41) is 15.9. The van der Waals surface area contributed by atoms with E-state index in [0.29, 0.717) is 23.3 Å². The van der Waals surface area contributed by atoms with Gasteiger partial charge < -0.3 is 19.9 Å². The topological polar surface area (TPSA) is 81.1 Å². The number of benzene rings is 2. The van der Waals surface area contributed by atoms with Crippen molar-refractivity contribution in [2.75, 3.05) is 23.0 Å². The number of ether oxygens (including phenoxy) is 1. The van der Waals surface area contributed by atoms with E-state index >= 15 is 0 Å². The number of carbonyl (C=O) groups is 1. The fourth-order valence-electron chi connectivity index (χ4n) is 2.64. The van der Waals surface area contributed by atoms with Crippen molar-refractivity contribution >= 4 is 40.6 Å². The van der Waals surface area contributed by atoms with Crippen molar-refractivity contribution in [3.05, 3.63) is 58.9 Å². The van der Waals surface area contributed by atoms with E-state index in [9.17, 15) is 4.79 Å². The SMILES string of the molecule is CCOc1ccc(NC(=O)CSc2nnc(CNc3ccc(C)c(Cl)c3)n2C)cc1. The molecule has 3 aromatic rings. The maximum atomic E-state index is 12.2. The summed E-state index contributed by atoms with van der Waals surface area (Å²) in [7, 11) is 1.88. The number of halogens is 1. The number of anilines is 2. The van der Waals surface area contributed by atoms with Crippen LogP contribution in [0, 0.1) is 6.92 Å². The maximum Gasteiger partial charge on any atom is 0.234 e. The monoisotopic (exact) mass is 445 g/mol. The summed E-state index contributed by atoms with van der Waals surface area (Å²) in [4.78, 5) is 12.2. The summed E-state index contributed by atoms with van der Waals surface area (Å²) in [6.07, 6.45) is 0. The summed E-state index contributed by atoms with van der Waals surface area (Å²) in [6, 6.07) is 13.1. The first kappa shape index (κ1) is 22.0. The summed E-state index contributed by atoms with van der Waals surface area (Å²) in [5.74, 6) is 1.67. The third-order valence-electron chi connectivity index (χ3n) is 4.33. The molecule has 3 rings (SSSR count). The van der Waals surface area contributed by atoms with Crippen molar-refractivity contribution in [2.45, 2.75) is 25.5 Å². The number of thioether (sulfide) groups is 1. The molecule has 0 bridgehead atoms. The van der Waals surface area contributed by atoms with Gasteiger partial charge in [-0.2, -0.15) is 0 Å². The molecule has 0 aliphatic heterocycles. The zero-order valence-electron chi connectivity index (χ0n) is 17.1. The number of aryl methyl sites for hydroxylation is 1. The Bertz CT molecular complexity index is 1010. The highest BCUT2D eigenvalue weighted by Gasteiger charge is 2.12. The van der Waals surface area contributed by atoms with Crippen LogP contribution in [0.4, 0.5) is 11.4 Å². The van der Waals surface area contributed by atoms with E-state index in [1.54, 1.807) is 0 Å². The van der Waals surface area contributed by atoms with E-state index in [-0.39, 0.29) is 11.7 Å². The molecule has 9 heteroatoms. The minimum absolute atomic E-state index is 0.110. The van der Waals surface area contributed by atoms with Gasteiger partial charge >= 0.3 is 0 Å². The van der Waals surface area contributed by atoms with E-state index in [1.165, 1.54) is 11.8 Å². The Labute approximate surface area is 185 Å². The zero-order chi connectivity index (χ0) is 21.5. The Morgan fingerprint density at radius 3 is 2.60 bits per heavy atom. The molecule has 2 aromatic carbocycles. The highest BCUT2D eigenvalue weighted by Crippen LogP contribution is 2.21. The Balaban J connectivity index is 1.50. The first-order valence-electron chi connectivity index (χ1n) is 9.50. The van der Waals surface area contributed by atoms with Crippen molar-refractivity contribution in [1.29, 1.82) is 0 Å². The highest BCUT2D eigenvalue weighted by atomic mass is 35.5. The molecule has 0 unspecified atom stereocenters. The van der Waals surface area contributed by atoms with Gasteiger partial charge in [0.1, 0.15) is 5.75 Å². The second-order valence-electron chi connectivity index (χ2n) is 6.57. The van der Waals surface area contributed by atoms with E-state index in [0.717, 1.165) is 28.5 Å². The van der Waals surface area contributed by atoms with Crippen LogP contribution in [-0.4, -0.2) is 33.0 Å². The maximum absolute atomic E-state index is 12.2. The molecule has 1 amide bonds. The molecule has 1 heterocycles. The number of hydrogen-bond donors (Lipinski definition) is 2. The molecule has 30 heavy (non-hydrogen) atoms. The van der Waals surface area contributed by atoms with Crippen LogP contribution < -0.4 is 15.4 Å². The summed E-state index contributed by atoms with van der Waals surface area (Å²) < 4.78 is 7.27. The lowest BCUT2D eigenvalue weighted by Crippen LogP contribution is -2.14. The molecule has 0 fully saturated rings. The third-order valence-corrected chi connectivity index (χ3v) is 5.76. The number of aromatic nitrogens is 3. The lowest BCUT2D eigenvalue weighted by atomic mass is 10.2. The fourth-order valence-corrected chi connectivity index (χ4v) is 3.55. The van der Waals surface area contributed by atoms with Crippen LogP contribution in [0.5, 0.6) is 5.75 Å². The van der Waals surface area contributed by atoms with Crippen molar-refractivity contribution in [1.82, 2.24) is 14.8 Å². The number of nitrogens with one attached hydrogen (secondary N) is 2. The molecule has 2 N–H and O–H groups in total. The van der Waals surface area contributed by atoms with Crippen LogP contribution in [0.1, 0.15) is 18.3 Å². The molecule has 0 saturated heterocycles. The Hall–Kier alpha value is -2.71. The van der Waals surface area contributed by atoms with E-state index < -0.39 is 0 Å². The van der Waals surface area contributed by atoms with Crippen molar-refractivity contribution in [3.8, 4) is 5.75 Å². The summed E-state index contributed by atoms with van der Waals surface area (Å²) >= 11 is 7.50. The van der Waals surface area contributed by atoms with Crippen LogP contribution in [-0.2, 0) is 18.4 Å². The standard InChI is InChI=1S/C21H24ClN5O2S/c1-4-29-17-9-7-15(8-10-17)24-20(28)13-30-21-26-25-19(27(21)3)12-23-16-6-5-14(2)18(22)11-16/h5-11,23H,4,12-13H2,1-3H3,(H,24,28). The van der Waals surface area contributed by atoms with Gasteiger partial charge in [-0.1, -0.05) is 29.4 Å². The predicted molar refractivity (Wildman–Crippen MR) is 121 cm³/mol. The smallest absolute Gasteiger partial charge is 0.234 e. The molecule has 7 nitrogen and oxygen atoms in total. The second-order valence-corrected chi connectivity index (χ2v) is 7.92. The van der Waals surface area contributed by atoms with Gasteiger partial charge in [0.05, 0.1) is 18.9 Å². The van der Waals surface area contributed by atoms with Crippen LogP contribution in [0.15, 0.2) is 47.6 Å². The van der Waals surface area contributed by atoms with Crippen LogP contribution in [0.25, 0.3) is 0 Å². The van der Waals surface area contributed by atoms with Crippen LogP contribution in [0.2, 0.25) is 5.02 Å². The number of rotatable bonds is 9. The van der Waals surface area contributed by atoms with Gasteiger partial charge in [0.2, 0.25) is 5.91 Å². The molecule has 0 aliphatic carbocycles. The lowest BCUT2D eigenvalue weighted by Gasteiger charge is -2.08. The molecule has 1 aromatic heterocycles. The predicted octanol–water partition coefficient (Wildman–Crippen LogP) is 4.52. The largest absolute Gasteiger partial charge is 0.494 e. The van der Waals surface area contributed by atoms with Crippen molar-refractivity contribution in [2.24, 2.45) is 7.05 Å². The molecule has 0 radical (unpaired) electrons. The summed E-state index contributed by atoms with van der Waals surface area (Å²) in [5.41, 5.74) is 2.67. The van der Waals surface area contributed by atoms with Gasteiger partial charge in [-0.25, -0.2) is 0 Å².